The first-order valence-electron chi connectivity index (χ1n) is 5.44. The first-order chi connectivity index (χ1) is 8.13. The van der Waals surface area contributed by atoms with Gasteiger partial charge in [-0.15, -0.1) is 0 Å². The Labute approximate surface area is 100 Å². The van der Waals surface area contributed by atoms with E-state index in [1.807, 2.05) is 6.92 Å². The number of ether oxygens (including phenoxy) is 2. The lowest BCUT2D eigenvalue weighted by atomic mass is 9.79. The zero-order valence-corrected chi connectivity index (χ0v) is 9.73. The Morgan fingerprint density at radius 3 is 2.53 bits per heavy atom. The van der Waals surface area contributed by atoms with Gasteiger partial charge in [0.25, 0.3) is 0 Å². The Bertz CT molecular complexity index is 346. The van der Waals surface area contributed by atoms with Crippen molar-refractivity contribution in [2.75, 3.05) is 19.8 Å². The minimum absolute atomic E-state index is 0.119. The molecular weight excluding hydrogens is 226 g/mol. The van der Waals surface area contributed by atoms with Gasteiger partial charge in [-0.1, -0.05) is 6.07 Å². The normalized spacial score (nSPS) is 10.6. The van der Waals surface area contributed by atoms with Gasteiger partial charge in [0.05, 0.1) is 19.8 Å². The smallest absolute Gasteiger partial charge is 0.423 e. The Morgan fingerprint density at radius 2 is 1.88 bits per heavy atom. The van der Waals surface area contributed by atoms with Crippen LogP contribution in [0.15, 0.2) is 18.2 Å². The van der Waals surface area contributed by atoms with E-state index in [2.05, 4.69) is 0 Å². The highest BCUT2D eigenvalue weighted by Crippen LogP contribution is 2.04. The third kappa shape index (κ3) is 5.27. The zero-order chi connectivity index (χ0) is 12.7. The summed E-state index contributed by atoms with van der Waals surface area (Å²) in [6.07, 6.45) is 0. The van der Waals surface area contributed by atoms with Gasteiger partial charge in [-0.25, -0.2) is 4.39 Å². The second-order valence-corrected chi connectivity index (χ2v) is 3.52. The van der Waals surface area contributed by atoms with Crippen molar-refractivity contribution in [1.29, 1.82) is 0 Å². The average Bonchev–Trinajstić information content (AvgIpc) is 2.28. The summed E-state index contributed by atoms with van der Waals surface area (Å²) in [5, 5.41) is 17.9. The second-order valence-electron chi connectivity index (χ2n) is 3.52. The summed E-state index contributed by atoms with van der Waals surface area (Å²) < 4.78 is 23.5. The van der Waals surface area contributed by atoms with Crippen molar-refractivity contribution in [3.63, 3.8) is 0 Å². The van der Waals surface area contributed by atoms with E-state index in [0.29, 0.717) is 25.4 Å². The van der Waals surface area contributed by atoms with E-state index < -0.39 is 12.9 Å². The molecule has 1 rings (SSSR count). The molecule has 1 aromatic carbocycles. The monoisotopic (exact) mass is 242 g/mol. The number of hydrogen-bond acceptors (Lipinski definition) is 4. The average molecular weight is 242 g/mol. The van der Waals surface area contributed by atoms with Crippen LogP contribution in [0.1, 0.15) is 12.5 Å². The second kappa shape index (κ2) is 7.39. The van der Waals surface area contributed by atoms with Crippen LogP contribution in [-0.2, 0) is 16.1 Å². The lowest BCUT2D eigenvalue weighted by Gasteiger charge is -2.07. The third-order valence-corrected chi connectivity index (χ3v) is 2.12. The van der Waals surface area contributed by atoms with Gasteiger partial charge in [0, 0.05) is 6.61 Å². The molecule has 0 fully saturated rings. The minimum Gasteiger partial charge on any atom is -0.423 e. The molecule has 0 aromatic heterocycles. The Balaban J connectivity index is 2.47. The summed E-state index contributed by atoms with van der Waals surface area (Å²) in [6.45, 7) is 3.64. The van der Waals surface area contributed by atoms with Crippen molar-refractivity contribution < 1.29 is 23.9 Å². The highest BCUT2D eigenvalue weighted by atomic mass is 19.1. The van der Waals surface area contributed by atoms with Gasteiger partial charge < -0.3 is 19.5 Å². The first-order valence-corrected chi connectivity index (χ1v) is 5.44. The molecule has 0 saturated heterocycles. The first kappa shape index (κ1) is 14.1. The molecule has 0 bridgehead atoms. The molecule has 1 aromatic rings. The molecule has 0 unspecified atom stereocenters. The lowest BCUT2D eigenvalue weighted by molar-refractivity contribution is 0.0452. The van der Waals surface area contributed by atoms with E-state index in [9.17, 15) is 4.39 Å². The molecule has 0 saturated carbocycles. The van der Waals surface area contributed by atoms with Crippen LogP contribution >= 0.6 is 0 Å². The molecule has 0 amide bonds. The van der Waals surface area contributed by atoms with Crippen molar-refractivity contribution in [2.45, 2.75) is 13.5 Å². The number of halogens is 1. The molecular formula is C11H16BFO4. The third-order valence-electron chi connectivity index (χ3n) is 2.12. The summed E-state index contributed by atoms with van der Waals surface area (Å²) in [4.78, 5) is 0. The van der Waals surface area contributed by atoms with Gasteiger partial charge in [-0.2, -0.15) is 0 Å². The molecule has 94 valence electrons. The van der Waals surface area contributed by atoms with Crippen molar-refractivity contribution in [3.8, 4) is 0 Å². The predicted molar refractivity (Wildman–Crippen MR) is 62.4 cm³/mol. The Morgan fingerprint density at radius 1 is 1.18 bits per heavy atom. The van der Waals surface area contributed by atoms with Crippen LogP contribution in [0.25, 0.3) is 0 Å². The topological polar surface area (TPSA) is 58.9 Å². The quantitative estimate of drug-likeness (QED) is 0.524. The Kier molecular flexibility index (Phi) is 6.14. The van der Waals surface area contributed by atoms with E-state index in [0.717, 1.165) is 6.07 Å². The van der Waals surface area contributed by atoms with E-state index in [4.69, 9.17) is 19.5 Å². The van der Waals surface area contributed by atoms with Gasteiger partial charge in [-0.3, -0.25) is 0 Å². The number of rotatable bonds is 7. The predicted octanol–water partition coefficient (Wildman–Crippen LogP) is 0.0586. The standard InChI is InChI=1S/C11H16BFO4/c1-2-16-3-4-17-8-9-5-10(12(14)15)7-11(13)6-9/h5-7,14-15H,2-4,8H2,1H3. The molecule has 0 atom stereocenters. The maximum Gasteiger partial charge on any atom is 0.488 e. The van der Waals surface area contributed by atoms with Crippen LogP contribution in [0.3, 0.4) is 0 Å². The van der Waals surface area contributed by atoms with Crippen molar-refractivity contribution in [2.24, 2.45) is 0 Å². The fourth-order valence-electron chi connectivity index (χ4n) is 1.36. The highest BCUT2D eigenvalue weighted by Gasteiger charge is 2.13. The summed E-state index contributed by atoms with van der Waals surface area (Å²) in [5.74, 6) is -0.515. The summed E-state index contributed by atoms with van der Waals surface area (Å²) >= 11 is 0. The van der Waals surface area contributed by atoms with E-state index >= 15 is 0 Å². The van der Waals surface area contributed by atoms with Crippen LogP contribution < -0.4 is 5.46 Å². The lowest BCUT2D eigenvalue weighted by Crippen LogP contribution is -2.30. The maximum absolute atomic E-state index is 13.1. The molecule has 2 N–H and O–H groups in total. The number of benzene rings is 1. The van der Waals surface area contributed by atoms with Gasteiger partial charge >= 0.3 is 7.12 Å². The fourth-order valence-corrected chi connectivity index (χ4v) is 1.36. The van der Waals surface area contributed by atoms with E-state index in [1.54, 1.807) is 0 Å². The molecule has 17 heavy (non-hydrogen) atoms. The zero-order valence-electron chi connectivity index (χ0n) is 9.73. The van der Waals surface area contributed by atoms with Crippen molar-refractivity contribution in [3.05, 3.63) is 29.6 Å². The fraction of sp³-hybridized carbons (Fsp3) is 0.455. The van der Waals surface area contributed by atoms with Crippen LogP contribution in [0.4, 0.5) is 4.39 Å². The summed E-state index contributed by atoms with van der Waals surface area (Å²) in [7, 11) is -1.67. The SMILES string of the molecule is CCOCCOCc1cc(F)cc(B(O)O)c1. The number of hydrogen-bond donors (Lipinski definition) is 2. The van der Waals surface area contributed by atoms with Gasteiger partial charge in [0.2, 0.25) is 0 Å². The molecule has 0 radical (unpaired) electrons. The van der Waals surface area contributed by atoms with Gasteiger partial charge in [0.15, 0.2) is 0 Å². The molecule has 0 aliphatic carbocycles. The van der Waals surface area contributed by atoms with Gasteiger partial charge in [0.1, 0.15) is 5.82 Å². The van der Waals surface area contributed by atoms with Crippen molar-refractivity contribution in [1.82, 2.24) is 0 Å². The van der Waals surface area contributed by atoms with E-state index in [1.165, 1.54) is 12.1 Å². The maximum atomic E-state index is 13.1. The van der Waals surface area contributed by atoms with Crippen LogP contribution in [0.5, 0.6) is 0 Å². The van der Waals surface area contributed by atoms with Crippen LogP contribution in [0.2, 0.25) is 0 Å². The molecule has 4 nitrogen and oxygen atoms in total. The van der Waals surface area contributed by atoms with Crippen molar-refractivity contribution >= 4 is 12.6 Å². The Hall–Kier alpha value is -0.945. The molecule has 0 spiro atoms. The molecule has 6 heteroatoms. The van der Waals surface area contributed by atoms with Crippen LogP contribution in [0, 0.1) is 5.82 Å². The molecule has 0 aliphatic heterocycles. The minimum atomic E-state index is -1.67. The van der Waals surface area contributed by atoms with E-state index in [-0.39, 0.29) is 12.1 Å². The van der Waals surface area contributed by atoms with Crippen LogP contribution in [-0.4, -0.2) is 37.0 Å². The summed E-state index contributed by atoms with van der Waals surface area (Å²) in [5.41, 5.74) is 0.679. The summed E-state index contributed by atoms with van der Waals surface area (Å²) in [6, 6.07) is 3.87. The van der Waals surface area contributed by atoms with Gasteiger partial charge in [-0.05, 0) is 30.1 Å². The molecule has 0 heterocycles. The molecule has 0 aliphatic rings. The largest absolute Gasteiger partial charge is 0.488 e. The highest BCUT2D eigenvalue weighted by molar-refractivity contribution is 6.58.